The third-order valence-electron chi connectivity index (χ3n) is 7.46. The van der Waals surface area contributed by atoms with Crippen LogP contribution in [0.2, 0.25) is 0 Å². The number of H-pyrrole nitrogens is 1. The monoisotopic (exact) mass is 544 g/mol. The topological polar surface area (TPSA) is 112 Å². The Bertz CT molecular complexity index is 1430. The SMILES string of the molecule is CCOc1cc2c(cc1OC)C1CC(=Nc3c(C)cc(C)cc3C)N(CCNC(=O)c3ncc[nH]3)C(=O)N1CC2. The number of rotatable bonds is 8. The molecular weight excluding hydrogens is 508 g/mol. The van der Waals surface area contributed by atoms with Crippen molar-refractivity contribution >= 4 is 23.5 Å². The number of urea groups is 1. The molecule has 3 heterocycles. The van der Waals surface area contributed by atoms with Crippen molar-refractivity contribution in [1.82, 2.24) is 25.1 Å². The first-order valence-corrected chi connectivity index (χ1v) is 13.7. The molecule has 10 heteroatoms. The van der Waals surface area contributed by atoms with Crippen molar-refractivity contribution in [2.45, 2.75) is 46.6 Å². The molecule has 2 aliphatic heterocycles. The molecule has 1 fully saturated rings. The molecule has 1 saturated heterocycles. The minimum absolute atomic E-state index is 0.122. The maximum Gasteiger partial charge on any atom is 0.326 e. The summed E-state index contributed by atoms with van der Waals surface area (Å²) in [6, 6.07) is 7.95. The Morgan fingerprint density at radius 2 is 1.95 bits per heavy atom. The van der Waals surface area contributed by atoms with E-state index in [-0.39, 0.29) is 36.9 Å². The number of carbonyl (C=O) groups is 2. The molecule has 210 valence electrons. The summed E-state index contributed by atoms with van der Waals surface area (Å²) in [5.74, 6) is 1.96. The van der Waals surface area contributed by atoms with E-state index in [0.717, 1.165) is 27.9 Å². The predicted molar refractivity (Wildman–Crippen MR) is 153 cm³/mol. The number of ether oxygens (including phenoxy) is 2. The van der Waals surface area contributed by atoms with Crippen molar-refractivity contribution < 1.29 is 19.1 Å². The summed E-state index contributed by atoms with van der Waals surface area (Å²) in [7, 11) is 1.63. The van der Waals surface area contributed by atoms with E-state index in [1.54, 1.807) is 18.2 Å². The molecule has 40 heavy (non-hydrogen) atoms. The van der Waals surface area contributed by atoms with Crippen molar-refractivity contribution in [2.24, 2.45) is 4.99 Å². The Labute approximate surface area is 234 Å². The van der Waals surface area contributed by atoms with Crippen molar-refractivity contribution in [3.8, 4) is 11.5 Å². The van der Waals surface area contributed by atoms with Gasteiger partial charge in [-0.2, -0.15) is 0 Å². The Balaban J connectivity index is 1.49. The average molecular weight is 545 g/mol. The molecule has 1 aromatic heterocycles. The lowest BCUT2D eigenvalue weighted by Gasteiger charge is -2.45. The highest BCUT2D eigenvalue weighted by atomic mass is 16.5. The summed E-state index contributed by atoms with van der Waals surface area (Å²) in [6.07, 6.45) is 4.38. The molecule has 0 bridgehead atoms. The number of carbonyl (C=O) groups excluding carboxylic acids is 2. The molecule has 0 radical (unpaired) electrons. The highest BCUT2D eigenvalue weighted by Gasteiger charge is 2.41. The van der Waals surface area contributed by atoms with Gasteiger partial charge in [-0.25, -0.2) is 14.8 Å². The minimum Gasteiger partial charge on any atom is -0.493 e. The fourth-order valence-corrected chi connectivity index (χ4v) is 5.70. The molecule has 2 N–H and O–H groups in total. The highest BCUT2D eigenvalue weighted by Crippen LogP contribution is 2.42. The number of amides is 3. The van der Waals surface area contributed by atoms with Crippen LogP contribution < -0.4 is 14.8 Å². The van der Waals surface area contributed by atoms with Gasteiger partial charge in [0, 0.05) is 38.4 Å². The van der Waals surface area contributed by atoms with Crippen LogP contribution in [-0.2, 0) is 6.42 Å². The first-order valence-electron chi connectivity index (χ1n) is 13.7. The number of aryl methyl sites for hydroxylation is 3. The lowest BCUT2D eigenvalue weighted by atomic mass is 9.88. The molecule has 0 saturated carbocycles. The molecule has 3 aromatic rings. The molecule has 1 atom stereocenters. The quantitative estimate of drug-likeness (QED) is 0.430. The third-order valence-corrected chi connectivity index (χ3v) is 7.46. The van der Waals surface area contributed by atoms with Crippen molar-refractivity contribution in [1.29, 1.82) is 0 Å². The number of nitrogens with one attached hydrogen (secondary N) is 2. The van der Waals surface area contributed by atoms with E-state index in [0.29, 0.717) is 43.3 Å². The molecule has 1 unspecified atom stereocenters. The minimum atomic E-state index is -0.319. The average Bonchev–Trinajstić information content (AvgIpc) is 3.47. The second kappa shape index (κ2) is 11.4. The fraction of sp³-hybridized carbons (Fsp3) is 0.400. The van der Waals surface area contributed by atoms with Crippen LogP contribution in [0, 0.1) is 20.8 Å². The summed E-state index contributed by atoms with van der Waals surface area (Å²) in [4.78, 5) is 42.0. The second-order valence-electron chi connectivity index (χ2n) is 10.2. The largest absolute Gasteiger partial charge is 0.493 e. The van der Waals surface area contributed by atoms with E-state index in [9.17, 15) is 9.59 Å². The maximum atomic E-state index is 14.0. The third kappa shape index (κ3) is 5.25. The van der Waals surface area contributed by atoms with Gasteiger partial charge >= 0.3 is 6.03 Å². The number of fused-ring (bicyclic) bond motifs is 3. The number of nitrogens with zero attached hydrogens (tertiary/aromatic N) is 4. The predicted octanol–water partition coefficient (Wildman–Crippen LogP) is 4.63. The Morgan fingerprint density at radius 1 is 1.18 bits per heavy atom. The van der Waals surface area contributed by atoms with Crippen LogP contribution >= 0.6 is 0 Å². The zero-order valence-electron chi connectivity index (χ0n) is 23.7. The van der Waals surface area contributed by atoms with Crippen LogP contribution in [0.5, 0.6) is 11.5 Å². The van der Waals surface area contributed by atoms with Gasteiger partial charge in [-0.1, -0.05) is 17.7 Å². The molecule has 2 aromatic carbocycles. The van der Waals surface area contributed by atoms with Gasteiger partial charge in [0.05, 0.1) is 25.4 Å². The summed E-state index contributed by atoms with van der Waals surface area (Å²) in [6.45, 7) is 9.77. The van der Waals surface area contributed by atoms with Crippen LogP contribution in [0.1, 0.15) is 57.8 Å². The molecule has 3 amide bonds. The Kier molecular flexibility index (Phi) is 7.77. The zero-order chi connectivity index (χ0) is 28.4. The van der Waals surface area contributed by atoms with Gasteiger partial charge in [-0.3, -0.25) is 9.69 Å². The summed E-state index contributed by atoms with van der Waals surface area (Å²) in [5.41, 5.74) is 6.35. The van der Waals surface area contributed by atoms with Crippen LogP contribution in [-0.4, -0.2) is 70.9 Å². The van der Waals surface area contributed by atoms with E-state index < -0.39 is 0 Å². The van der Waals surface area contributed by atoms with E-state index in [4.69, 9.17) is 14.5 Å². The number of aromatic amines is 1. The van der Waals surface area contributed by atoms with Gasteiger partial charge in [-0.15, -0.1) is 0 Å². The molecule has 2 aliphatic rings. The number of aromatic nitrogens is 2. The second-order valence-corrected chi connectivity index (χ2v) is 10.2. The van der Waals surface area contributed by atoms with Crippen LogP contribution in [0.4, 0.5) is 10.5 Å². The molecular formula is C30H36N6O4. The number of hydrogen-bond donors (Lipinski definition) is 2. The smallest absolute Gasteiger partial charge is 0.326 e. The van der Waals surface area contributed by atoms with Crippen molar-refractivity contribution in [2.75, 3.05) is 33.4 Å². The highest BCUT2D eigenvalue weighted by molar-refractivity contribution is 6.02. The van der Waals surface area contributed by atoms with Gasteiger partial charge in [-0.05, 0) is 68.5 Å². The number of imidazole rings is 1. The number of hydrogen-bond acceptors (Lipinski definition) is 6. The van der Waals surface area contributed by atoms with Gasteiger partial charge in [0.2, 0.25) is 0 Å². The summed E-state index contributed by atoms with van der Waals surface area (Å²) in [5, 5.41) is 2.86. The fourth-order valence-electron chi connectivity index (χ4n) is 5.70. The van der Waals surface area contributed by atoms with Gasteiger partial charge < -0.3 is 24.7 Å². The Hall–Kier alpha value is -4.34. The van der Waals surface area contributed by atoms with Gasteiger partial charge in [0.15, 0.2) is 17.3 Å². The molecule has 10 nitrogen and oxygen atoms in total. The molecule has 0 aliphatic carbocycles. The summed E-state index contributed by atoms with van der Waals surface area (Å²) < 4.78 is 11.5. The van der Waals surface area contributed by atoms with E-state index >= 15 is 0 Å². The maximum absolute atomic E-state index is 14.0. The normalized spacial score (nSPS) is 17.5. The molecule has 0 spiro atoms. The van der Waals surface area contributed by atoms with E-state index in [1.807, 2.05) is 37.8 Å². The van der Waals surface area contributed by atoms with Crippen LogP contribution in [0.25, 0.3) is 0 Å². The zero-order valence-corrected chi connectivity index (χ0v) is 23.7. The van der Waals surface area contributed by atoms with Crippen LogP contribution in [0.3, 0.4) is 0 Å². The number of methoxy groups -OCH3 is 1. The van der Waals surface area contributed by atoms with Gasteiger partial charge in [0.1, 0.15) is 5.84 Å². The van der Waals surface area contributed by atoms with E-state index in [2.05, 4.69) is 34.3 Å². The standard InChI is InChI=1S/C30H36N6O4/c1-6-40-25-15-21-7-11-35-23(22(21)16-24(25)39-5)17-26(34-27-19(3)13-18(2)14-20(27)4)36(30(35)38)12-10-33-29(37)28-31-8-9-32-28/h8-9,13-16,23H,6-7,10-12,17H2,1-5H3,(H,31,32)(H,33,37). The Morgan fingerprint density at radius 3 is 2.62 bits per heavy atom. The lowest BCUT2D eigenvalue weighted by molar-refractivity contribution is 0.0937. The number of amidine groups is 1. The first-order chi connectivity index (χ1) is 19.3. The number of aliphatic imine (C=N–C) groups is 1. The van der Waals surface area contributed by atoms with Crippen molar-refractivity contribution in [3.63, 3.8) is 0 Å². The van der Waals surface area contributed by atoms with Crippen molar-refractivity contribution in [3.05, 3.63) is 70.3 Å². The van der Waals surface area contributed by atoms with E-state index in [1.165, 1.54) is 11.8 Å². The lowest BCUT2D eigenvalue weighted by Crippen LogP contribution is -2.56. The first kappa shape index (κ1) is 27.2. The van der Waals surface area contributed by atoms with Crippen LogP contribution in [0.15, 0.2) is 41.7 Å². The number of benzene rings is 2. The summed E-state index contributed by atoms with van der Waals surface area (Å²) >= 11 is 0. The molecule has 5 rings (SSSR count). The van der Waals surface area contributed by atoms with Gasteiger partial charge in [0.25, 0.3) is 5.91 Å².